The molecule has 7 heteroatoms. The van der Waals surface area contributed by atoms with Gasteiger partial charge in [0.05, 0.1) is 11.8 Å². The Kier molecular flexibility index (Phi) is 4.63. The van der Waals surface area contributed by atoms with E-state index in [9.17, 15) is 9.59 Å². The van der Waals surface area contributed by atoms with Crippen molar-refractivity contribution in [1.82, 2.24) is 15.5 Å². The Bertz CT molecular complexity index is 1150. The second-order valence-electron chi connectivity index (χ2n) is 6.44. The number of aromatic amines is 1. The average molecular weight is 374 g/mol. The molecule has 0 radical (unpaired) electrons. The minimum absolute atomic E-state index is 0.236. The summed E-state index contributed by atoms with van der Waals surface area (Å²) in [5, 5.41) is 13.4. The molecular formula is C21H18N4O3. The Morgan fingerprint density at radius 1 is 1.07 bits per heavy atom. The fourth-order valence-electron chi connectivity index (χ4n) is 2.93. The van der Waals surface area contributed by atoms with Gasteiger partial charge in [0, 0.05) is 17.6 Å². The van der Waals surface area contributed by atoms with Gasteiger partial charge in [-0.2, -0.15) is 5.10 Å². The molecule has 0 aliphatic rings. The fraction of sp³-hybridized carbons (Fsp3) is 0.0952. The van der Waals surface area contributed by atoms with Crippen LogP contribution in [0.5, 0.6) is 0 Å². The highest BCUT2D eigenvalue weighted by atomic mass is 16.3. The quantitative estimate of drug-likeness (QED) is 0.496. The Labute approximate surface area is 160 Å². The summed E-state index contributed by atoms with van der Waals surface area (Å²) < 4.78 is 5.08. The lowest BCUT2D eigenvalue weighted by Crippen LogP contribution is -2.23. The van der Waals surface area contributed by atoms with Gasteiger partial charge < -0.3 is 15.1 Å². The summed E-state index contributed by atoms with van der Waals surface area (Å²) in [4.78, 5) is 24.6. The minimum Gasteiger partial charge on any atom is -0.459 e. The summed E-state index contributed by atoms with van der Waals surface area (Å²) in [6.45, 7) is 2.28. The van der Waals surface area contributed by atoms with Crippen LogP contribution in [0.3, 0.4) is 0 Å². The molecule has 0 bridgehead atoms. The summed E-state index contributed by atoms with van der Waals surface area (Å²) in [6, 6.07) is 16.3. The molecule has 0 fully saturated rings. The number of benzene rings is 2. The Balaban J connectivity index is 1.44. The zero-order chi connectivity index (χ0) is 19.5. The van der Waals surface area contributed by atoms with E-state index in [2.05, 4.69) is 20.8 Å². The fourth-order valence-corrected chi connectivity index (χ4v) is 2.93. The molecule has 140 valence electrons. The number of hydrogen-bond acceptors (Lipinski definition) is 4. The lowest BCUT2D eigenvalue weighted by atomic mass is 10.1. The molecule has 0 aliphatic heterocycles. The van der Waals surface area contributed by atoms with Crippen molar-refractivity contribution in [3.8, 4) is 0 Å². The van der Waals surface area contributed by atoms with Gasteiger partial charge in [0.25, 0.3) is 11.8 Å². The van der Waals surface area contributed by atoms with Crippen molar-refractivity contribution in [2.45, 2.75) is 13.5 Å². The SMILES string of the molecule is Cc1ccc2[nH]nc(C(=O)NCc3cccc(NC(=O)c4ccco4)c3)c2c1. The van der Waals surface area contributed by atoms with Crippen LogP contribution in [0.15, 0.2) is 65.3 Å². The third-order valence-electron chi connectivity index (χ3n) is 4.32. The van der Waals surface area contributed by atoms with Crippen molar-refractivity contribution in [3.63, 3.8) is 0 Å². The molecule has 28 heavy (non-hydrogen) atoms. The number of nitrogens with zero attached hydrogens (tertiary/aromatic N) is 1. The third kappa shape index (κ3) is 3.64. The van der Waals surface area contributed by atoms with Crippen LogP contribution in [0.4, 0.5) is 5.69 Å². The van der Waals surface area contributed by atoms with Crippen molar-refractivity contribution >= 4 is 28.4 Å². The molecule has 2 amide bonds. The molecule has 0 saturated carbocycles. The molecule has 0 atom stereocenters. The van der Waals surface area contributed by atoms with E-state index in [1.807, 2.05) is 37.3 Å². The normalized spacial score (nSPS) is 10.8. The number of aryl methyl sites for hydroxylation is 1. The molecule has 4 aromatic rings. The Hall–Kier alpha value is -3.87. The number of hydrogen-bond donors (Lipinski definition) is 3. The summed E-state index contributed by atoms with van der Waals surface area (Å²) in [5.74, 6) is -0.356. The van der Waals surface area contributed by atoms with E-state index in [-0.39, 0.29) is 17.6 Å². The standard InChI is InChI=1S/C21H18N4O3/c1-13-7-8-17-16(10-13)19(25-24-17)21(27)22-12-14-4-2-5-15(11-14)23-20(26)18-6-3-9-28-18/h2-11H,12H2,1H3,(H,22,27)(H,23,26)(H,24,25). The molecule has 2 heterocycles. The molecule has 4 rings (SSSR count). The number of H-pyrrole nitrogens is 1. The van der Waals surface area contributed by atoms with Gasteiger partial charge in [-0.25, -0.2) is 0 Å². The zero-order valence-electron chi connectivity index (χ0n) is 15.2. The van der Waals surface area contributed by atoms with Crippen LogP contribution in [0.25, 0.3) is 10.9 Å². The molecule has 0 spiro atoms. The molecule has 0 saturated heterocycles. The van der Waals surface area contributed by atoms with Crippen LogP contribution >= 0.6 is 0 Å². The number of amides is 2. The number of anilines is 1. The maximum absolute atomic E-state index is 12.5. The lowest BCUT2D eigenvalue weighted by Gasteiger charge is -2.07. The molecule has 3 N–H and O–H groups in total. The number of fused-ring (bicyclic) bond motifs is 1. The van der Waals surface area contributed by atoms with Crippen LogP contribution in [0.1, 0.15) is 32.2 Å². The first-order chi connectivity index (χ1) is 13.6. The molecule has 2 aromatic heterocycles. The monoisotopic (exact) mass is 374 g/mol. The first-order valence-electron chi connectivity index (χ1n) is 8.77. The van der Waals surface area contributed by atoms with Crippen LogP contribution in [0, 0.1) is 6.92 Å². The maximum atomic E-state index is 12.5. The first kappa shape index (κ1) is 17.5. The number of carbonyl (C=O) groups excluding carboxylic acids is 2. The Morgan fingerprint density at radius 3 is 2.79 bits per heavy atom. The minimum atomic E-state index is -0.329. The summed E-state index contributed by atoms with van der Waals surface area (Å²) in [7, 11) is 0. The van der Waals surface area contributed by atoms with Crippen LogP contribution in [-0.2, 0) is 6.54 Å². The van der Waals surface area contributed by atoms with Gasteiger partial charge >= 0.3 is 0 Å². The largest absolute Gasteiger partial charge is 0.459 e. The van der Waals surface area contributed by atoms with Gasteiger partial charge in [-0.1, -0.05) is 23.8 Å². The molecule has 0 aliphatic carbocycles. The van der Waals surface area contributed by atoms with Crippen molar-refractivity contribution in [2.24, 2.45) is 0 Å². The topological polar surface area (TPSA) is 100 Å². The van der Waals surface area contributed by atoms with Crippen molar-refractivity contribution in [1.29, 1.82) is 0 Å². The molecule has 0 unspecified atom stereocenters. The summed E-state index contributed by atoms with van der Waals surface area (Å²) in [5.41, 5.74) is 3.71. The van der Waals surface area contributed by atoms with E-state index in [0.29, 0.717) is 17.9 Å². The van der Waals surface area contributed by atoms with Crippen LogP contribution in [0.2, 0.25) is 0 Å². The number of rotatable bonds is 5. The van der Waals surface area contributed by atoms with Gasteiger partial charge in [-0.15, -0.1) is 0 Å². The second-order valence-corrected chi connectivity index (χ2v) is 6.44. The lowest BCUT2D eigenvalue weighted by molar-refractivity contribution is 0.0946. The van der Waals surface area contributed by atoms with E-state index < -0.39 is 0 Å². The van der Waals surface area contributed by atoms with Gasteiger partial charge in [0.15, 0.2) is 11.5 Å². The highest BCUT2D eigenvalue weighted by molar-refractivity contribution is 6.05. The van der Waals surface area contributed by atoms with Crippen molar-refractivity contribution in [2.75, 3.05) is 5.32 Å². The number of carbonyl (C=O) groups is 2. The van der Waals surface area contributed by atoms with Crippen LogP contribution < -0.4 is 10.6 Å². The third-order valence-corrected chi connectivity index (χ3v) is 4.32. The predicted molar refractivity (Wildman–Crippen MR) is 105 cm³/mol. The van der Waals surface area contributed by atoms with E-state index in [1.165, 1.54) is 6.26 Å². The van der Waals surface area contributed by atoms with Gasteiger partial charge in [-0.05, 0) is 48.9 Å². The second kappa shape index (κ2) is 7.40. The average Bonchev–Trinajstić information content (AvgIpc) is 3.36. The van der Waals surface area contributed by atoms with E-state index in [0.717, 1.165) is 22.0 Å². The van der Waals surface area contributed by atoms with E-state index in [1.54, 1.807) is 24.3 Å². The molecule has 2 aromatic carbocycles. The number of aromatic nitrogens is 2. The van der Waals surface area contributed by atoms with E-state index >= 15 is 0 Å². The van der Waals surface area contributed by atoms with Crippen molar-refractivity contribution in [3.05, 3.63) is 83.4 Å². The summed E-state index contributed by atoms with van der Waals surface area (Å²) >= 11 is 0. The number of nitrogens with one attached hydrogen (secondary N) is 3. The van der Waals surface area contributed by atoms with Gasteiger partial charge in [0.1, 0.15) is 0 Å². The Morgan fingerprint density at radius 2 is 1.96 bits per heavy atom. The summed E-state index contributed by atoms with van der Waals surface area (Å²) in [6.07, 6.45) is 1.45. The van der Waals surface area contributed by atoms with Crippen molar-refractivity contribution < 1.29 is 14.0 Å². The molecule has 7 nitrogen and oxygen atoms in total. The highest BCUT2D eigenvalue weighted by Gasteiger charge is 2.14. The van der Waals surface area contributed by atoms with Crippen LogP contribution in [-0.4, -0.2) is 22.0 Å². The first-order valence-corrected chi connectivity index (χ1v) is 8.77. The van der Waals surface area contributed by atoms with Gasteiger partial charge in [0.2, 0.25) is 0 Å². The highest BCUT2D eigenvalue weighted by Crippen LogP contribution is 2.18. The maximum Gasteiger partial charge on any atom is 0.291 e. The van der Waals surface area contributed by atoms with Gasteiger partial charge in [-0.3, -0.25) is 14.7 Å². The van der Waals surface area contributed by atoms with E-state index in [4.69, 9.17) is 4.42 Å². The zero-order valence-corrected chi connectivity index (χ0v) is 15.2. The number of furan rings is 1. The predicted octanol–water partition coefficient (Wildman–Crippen LogP) is 3.65. The smallest absolute Gasteiger partial charge is 0.291 e. The molecular weight excluding hydrogens is 356 g/mol.